The van der Waals surface area contributed by atoms with Crippen LogP contribution in [0.4, 0.5) is 0 Å². The molecule has 0 aromatic carbocycles. The molecule has 0 aromatic heterocycles. The molecule has 1 aliphatic rings. The molecule has 2 nitrogen and oxygen atoms in total. The lowest BCUT2D eigenvalue weighted by Crippen LogP contribution is -2.23. The number of aliphatic hydroxyl groups is 1. The van der Waals surface area contributed by atoms with Crippen LogP contribution in [0.1, 0.15) is 19.3 Å². The van der Waals surface area contributed by atoms with Crippen LogP contribution >= 0.6 is 11.8 Å². The van der Waals surface area contributed by atoms with E-state index in [2.05, 4.69) is 17.1 Å². The molecule has 2 N–H and O–H groups in total. The topological polar surface area (TPSA) is 32.3 Å². The summed E-state index contributed by atoms with van der Waals surface area (Å²) in [4.78, 5) is 0. The Morgan fingerprint density at radius 3 is 3.00 bits per heavy atom. The molecule has 0 aromatic rings. The van der Waals surface area contributed by atoms with Gasteiger partial charge in [-0.3, -0.25) is 0 Å². The van der Waals surface area contributed by atoms with Gasteiger partial charge in [0.25, 0.3) is 0 Å². The molecule has 72 valence electrons. The Kier molecular flexibility index (Phi) is 5.82. The number of rotatable bonds is 6. The number of hydrogen-bond donors (Lipinski definition) is 2. The van der Waals surface area contributed by atoms with E-state index >= 15 is 0 Å². The summed E-state index contributed by atoms with van der Waals surface area (Å²) < 4.78 is 0. The molecule has 12 heavy (non-hydrogen) atoms. The Bertz CT molecular complexity index is 105. The van der Waals surface area contributed by atoms with Gasteiger partial charge in [0.05, 0.1) is 0 Å². The second-order valence-electron chi connectivity index (χ2n) is 3.36. The van der Waals surface area contributed by atoms with Crippen molar-refractivity contribution in [1.29, 1.82) is 0 Å². The number of thioether (sulfide) groups is 1. The Labute approximate surface area is 79.1 Å². The molecule has 0 amide bonds. The summed E-state index contributed by atoms with van der Waals surface area (Å²) >= 11 is 2.07. The smallest absolute Gasteiger partial charge is 0.0431 e. The zero-order chi connectivity index (χ0) is 8.65. The van der Waals surface area contributed by atoms with Crippen molar-refractivity contribution in [1.82, 2.24) is 5.32 Å². The summed E-state index contributed by atoms with van der Waals surface area (Å²) in [6.45, 7) is 2.58. The van der Waals surface area contributed by atoms with E-state index in [9.17, 15) is 0 Å². The molecule has 0 saturated carbocycles. The third-order valence-electron chi connectivity index (χ3n) is 2.22. The highest BCUT2D eigenvalue weighted by molar-refractivity contribution is 7.99. The lowest BCUT2D eigenvalue weighted by atomic mass is 10.1. The van der Waals surface area contributed by atoms with E-state index in [1.807, 2.05) is 0 Å². The molecule has 0 bridgehead atoms. The third kappa shape index (κ3) is 4.33. The maximum Gasteiger partial charge on any atom is 0.0431 e. The van der Waals surface area contributed by atoms with Gasteiger partial charge in [0.2, 0.25) is 0 Å². The molecule has 1 saturated heterocycles. The Hall–Kier alpha value is 0.270. The highest BCUT2D eigenvalue weighted by Crippen LogP contribution is 2.22. The van der Waals surface area contributed by atoms with Crippen molar-refractivity contribution in [3.05, 3.63) is 0 Å². The van der Waals surface area contributed by atoms with Crippen LogP contribution in [-0.4, -0.2) is 36.3 Å². The number of aliphatic hydroxyl groups excluding tert-OH is 1. The van der Waals surface area contributed by atoms with Gasteiger partial charge in [0.1, 0.15) is 0 Å². The average Bonchev–Trinajstić information content (AvgIpc) is 2.57. The van der Waals surface area contributed by atoms with Crippen LogP contribution in [0, 0.1) is 5.92 Å². The van der Waals surface area contributed by atoms with Gasteiger partial charge in [-0.05, 0) is 49.8 Å². The van der Waals surface area contributed by atoms with Gasteiger partial charge in [-0.15, -0.1) is 0 Å². The second-order valence-corrected chi connectivity index (χ2v) is 4.51. The summed E-state index contributed by atoms with van der Waals surface area (Å²) in [6, 6.07) is 0. The summed E-state index contributed by atoms with van der Waals surface area (Å²) in [5.74, 6) is 3.60. The highest BCUT2D eigenvalue weighted by Gasteiger charge is 2.13. The quantitative estimate of drug-likeness (QED) is 0.614. The van der Waals surface area contributed by atoms with Gasteiger partial charge in [0, 0.05) is 6.61 Å². The van der Waals surface area contributed by atoms with Crippen LogP contribution in [-0.2, 0) is 0 Å². The predicted octanol–water partition coefficient (Wildman–Crippen LogP) is 1.10. The molecule has 1 fully saturated rings. The zero-order valence-electron chi connectivity index (χ0n) is 7.59. The predicted molar refractivity (Wildman–Crippen MR) is 54.6 cm³/mol. The summed E-state index contributed by atoms with van der Waals surface area (Å²) in [7, 11) is 0. The summed E-state index contributed by atoms with van der Waals surface area (Å²) in [6.07, 6.45) is 3.43. The summed E-state index contributed by atoms with van der Waals surface area (Å²) in [5.41, 5.74) is 0. The lowest BCUT2D eigenvalue weighted by Gasteiger charge is -2.08. The van der Waals surface area contributed by atoms with Gasteiger partial charge in [-0.25, -0.2) is 0 Å². The van der Waals surface area contributed by atoms with E-state index in [1.54, 1.807) is 0 Å². The highest BCUT2D eigenvalue weighted by atomic mass is 32.2. The SMILES string of the molecule is OCCCCNCC1CCSC1. The molecule has 3 heteroatoms. The lowest BCUT2D eigenvalue weighted by molar-refractivity contribution is 0.283. The van der Waals surface area contributed by atoms with Crippen molar-refractivity contribution in [3.63, 3.8) is 0 Å². The van der Waals surface area contributed by atoms with Gasteiger partial charge in [-0.1, -0.05) is 0 Å². The first kappa shape index (κ1) is 10.4. The van der Waals surface area contributed by atoms with Crippen LogP contribution in [0.3, 0.4) is 0 Å². The first-order valence-corrected chi connectivity index (χ1v) is 5.98. The molecular weight excluding hydrogens is 170 g/mol. The molecule has 1 unspecified atom stereocenters. The number of hydrogen-bond acceptors (Lipinski definition) is 3. The van der Waals surface area contributed by atoms with Crippen molar-refractivity contribution >= 4 is 11.8 Å². The number of nitrogens with one attached hydrogen (secondary N) is 1. The molecule has 0 spiro atoms. The fraction of sp³-hybridized carbons (Fsp3) is 1.00. The Morgan fingerprint density at radius 2 is 2.33 bits per heavy atom. The minimum Gasteiger partial charge on any atom is -0.396 e. The Morgan fingerprint density at radius 1 is 1.42 bits per heavy atom. The third-order valence-corrected chi connectivity index (χ3v) is 3.45. The van der Waals surface area contributed by atoms with Crippen molar-refractivity contribution in [2.45, 2.75) is 19.3 Å². The summed E-state index contributed by atoms with van der Waals surface area (Å²) in [5, 5.41) is 12.0. The zero-order valence-corrected chi connectivity index (χ0v) is 8.41. The van der Waals surface area contributed by atoms with Crippen LogP contribution in [0.5, 0.6) is 0 Å². The number of unbranched alkanes of at least 4 members (excludes halogenated alkanes) is 1. The first-order chi connectivity index (χ1) is 5.93. The van der Waals surface area contributed by atoms with Gasteiger partial charge < -0.3 is 10.4 Å². The van der Waals surface area contributed by atoms with Crippen molar-refractivity contribution in [2.75, 3.05) is 31.2 Å². The normalized spacial score (nSPS) is 23.2. The molecule has 1 rings (SSSR count). The molecule has 1 heterocycles. The molecule has 1 atom stereocenters. The van der Waals surface area contributed by atoms with E-state index in [0.717, 1.165) is 25.3 Å². The van der Waals surface area contributed by atoms with E-state index in [-0.39, 0.29) is 0 Å². The molecule has 1 aliphatic heterocycles. The Balaban J connectivity index is 1.81. The fourth-order valence-corrected chi connectivity index (χ4v) is 2.70. The first-order valence-electron chi connectivity index (χ1n) is 4.83. The fourth-order valence-electron chi connectivity index (χ4n) is 1.41. The minimum absolute atomic E-state index is 0.334. The largest absolute Gasteiger partial charge is 0.396 e. The van der Waals surface area contributed by atoms with Crippen LogP contribution in [0.2, 0.25) is 0 Å². The van der Waals surface area contributed by atoms with Crippen LogP contribution in [0.15, 0.2) is 0 Å². The van der Waals surface area contributed by atoms with E-state index < -0.39 is 0 Å². The van der Waals surface area contributed by atoms with E-state index in [1.165, 1.54) is 24.5 Å². The van der Waals surface area contributed by atoms with Gasteiger partial charge in [0.15, 0.2) is 0 Å². The van der Waals surface area contributed by atoms with Crippen LogP contribution in [0.25, 0.3) is 0 Å². The van der Waals surface area contributed by atoms with Crippen molar-refractivity contribution < 1.29 is 5.11 Å². The van der Waals surface area contributed by atoms with E-state index in [0.29, 0.717) is 6.61 Å². The van der Waals surface area contributed by atoms with E-state index in [4.69, 9.17) is 5.11 Å². The van der Waals surface area contributed by atoms with Crippen molar-refractivity contribution in [3.8, 4) is 0 Å². The monoisotopic (exact) mass is 189 g/mol. The average molecular weight is 189 g/mol. The van der Waals surface area contributed by atoms with Crippen LogP contribution < -0.4 is 5.32 Å². The molecule has 0 aliphatic carbocycles. The second kappa shape index (κ2) is 6.75. The maximum absolute atomic E-state index is 8.55. The van der Waals surface area contributed by atoms with Crippen molar-refractivity contribution in [2.24, 2.45) is 5.92 Å². The minimum atomic E-state index is 0.334. The maximum atomic E-state index is 8.55. The standard InChI is InChI=1S/C9H19NOS/c11-5-2-1-4-10-7-9-3-6-12-8-9/h9-11H,1-8H2. The van der Waals surface area contributed by atoms with Gasteiger partial charge in [-0.2, -0.15) is 11.8 Å². The molecular formula is C9H19NOS. The van der Waals surface area contributed by atoms with Gasteiger partial charge >= 0.3 is 0 Å². The molecule has 0 radical (unpaired) electrons.